The number of unbranched alkanes of at least 4 members (excludes halogenated alkanes) is 5. The summed E-state index contributed by atoms with van der Waals surface area (Å²) in [5.74, 6) is 0.513. The van der Waals surface area contributed by atoms with E-state index in [9.17, 15) is 4.79 Å². The van der Waals surface area contributed by atoms with Crippen LogP contribution in [0.25, 0.3) is 0 Å². The summed E-state index contributed by atoms with van der Waals surface area (Å²) in [5.41, 5.74) is 5.26. The molecule has 0 fully saturated rings. The molecule has 16 heavy (non-hydrogen) atoms. The summed E-state index contributed by atoms with van der Waals surface area (Å²) in [4.78, 5) is 10.9. The molecule has 0 aromatic rings. The molecule has 0 aromatic heterocycles. The predicted molar refractivity (Wildman–Crippen MR) is 70.1 cm³/mol. The molecule has 0 spiro atoms. The molecular weight excluding hydrogens is 198 g/mol. The van der Waals surface area contributed by atoms with Crippen LogP contribution in [0.3, 0.4) is 0 Å². The van der Waals surface area contributed by atoms with Crippen LogP contribution in [-0.2, 0) is 4.79 Å². The van der Waals surface area contributed by atoms with Crippen molar-refractivity contribution in [3.63, 3.8) is 0 Å². The smallest absolute Gasteiger partial charge is 0.220 e. The lowest BCUT2D eigenvalue weighted by Crippen LogP contribution is -2.22. The van der Waals surface area contributed by atoms with Gasteiger partial charge in [0.05, 0.1) is 0 Å². The summed E-state index contributed by atoms with van der Waals surface area (Å²) < 4.78 is 0. The molecule has 96 valence electrons. The fraction of sp³-hybridized carbons (Fsp3) is 0.929. The fourth-order valence-corrected chi connectivity index (χ4v) is 2.11. The van der Waals surface area contributed by atoms with Crippen molar-refractivity contribution in [3.05, 3.63) is 0 Å². The first kappa shape index (κ1) is 15.5. The Morgan fingerprint density at radius 3 is 2.19 bits per heavy atom. The van der Waals surface area contributed by atoms with Crippen molar-refractivity contribution in [1.29, 1.82) is 0 Å². The Bertz CT molecular complexity index is 180. The summed E-state index contributed by atoms with van der Waals surface area (Å²) >= 11 is 0. The molecule has 0 bridgehead atoms. The molecule has 0 rings (SSSR count). The van der Waals surface area contributed by atoms with Crippen molar-refractivity contribution in [2.24, 2.45) is 17.6 Å². The summed E-state index contributed by atoms with van der Waals surface area (Å²) in [6, 6.07) is 0. The molecule has 0 aliphatic carbocycles. The van der Waals surface area contributed by atoms with E-state index >= 15 is 0 Å². The zero-order valence-electron chi connectivity index (χ0n) is 11.3. The van der Waals surface area contributed by atoms with Gasteiger partial charge in [-0.3, -0.25) is 4.79 Å². The number of hydrogen-bond acceptors (Lipinski definition) is 1. The number of amides is 1. The van der Waals surface area contributed by atoms with Gasteiger partial charge < -0.3 is 5.73 Å². The van der Waals surface area contributed by atoms with Gasteiger partial charge in [0.15, 0.2) is 0 Å². The Labute approximate surface area is 101 Å². The number of rotatable bonds is 10. The monoisotopic (exact) mass is 227 g/mol. The number of hydrogen-bond donors (Lipinski definition) is 1. The molecular formula is C14H29NO. The molecule has 0 aromatic carbocycles. The molecule has 0 unspecified atom stereocenters. The minimum Gasteiger partial charge on any atom is -0.369 e. The second-order valence-electron chi connectivity index (χ2n) is 5.20. The van der Waals surface area contributed by atoms with Gasteiger partial charge in [0.2, 0.25) is 5.91 Å². The van der Waals surface area contributed by atoms with Crippen LogP contribution in [-0.4, -0.2) is 5.91 Å². The van der Waals surface area contributed by atoms with Crippen LogP contribution in [0, 0.1) is 11.8 Å². The van der Waals surface area contributed by atoms with Gasteiger partial charge in [-0.15, -0.1) is 0 Å². The topological polar surface area (TPSA) is 43.1 Å². The maximum Gasteiger partial charge on any atom is 0.220 e. The van der Waals surface area contributed by atoms with E-state index in [1.54, 1.807) is 0 Å². The number of carbonyl (C=O) groups excluding carboxylic acids is 1. The molecule has 1 amide bonds. The van der Waals surface area contributed by atoms with E-state index in [2.05, 4.69) is 13.8 Å². The number of carbonyl (C=O) groups is 1. The lowest BCUT2D eigenvalue weighted by molar-refractivity contribution is -0.121. The predicted octanol–water partition coefficient (Wildman–Crippen LogP) is 3.88. The Balaban J connectivity index is 3.36. The minimum absolute atomic E-state index is 0.0371. The van der Waals surface area contributed by atoms with Crippen LogP contribution >= 0.6 is 0 Å². The van der Waals surface area contributed by atoms with Gasteiger partial charge >= 0.3 is 0 Å². The van der Waals surface area contributed by atoms with Crippen molar-refractivity contribution < 1.29 is 4.79 Å². The largest absolute Gasteiger partial charge is 0.369 e. The highest BCUT2D eigenvalue weighted by Gasteiger charge is 2.12. The van der Waals surface area contributed by atoms with E-state index in [-0.39, 0.29) is 11.8 Å². The molecule has 0 aliphatic heterocycles. The van der Waals surface area contributed by atoms with Crippen LogP contribution in [0.15, 0.2) is 0 Å². The maximum absolute atomic E-state index is 10.9. The molecule has 2 atom stereocenters. The maximum atomic E-state index is 10.9. The molecule has 0 radical (unpaired) electrons. The van der Waals surface area contributed by atoms with Gasteiger partial charge in [-0.05, 0) is 12.3 Å². The van der Waals surface area contributed by atoms with Crippen LogP contribution in [0.5, 0.6) is 0 Å². The first-order valence-corrected chi connectivity index (χ1v) is 6.87. The Morgan fingerprint density at radius 2 is 1.62 bits per heavy atom. The number of primary amides is 1. The van der Waals surface area contributed by atoms with E-state index < -0.39 is 0 Å². The van der Waals surface area contributed by atoms with E-state index in [1.807, 2.05) is 6.92 Å². The van der Waals surface area contributed by atoms with Crippen molar-refractivity contribution in [3.8, 4) is 0 Å². The molecule has 2 N–H and O–H groups in total. The zero-order valence-corrected chi connectivity index (χ0v) is 11.3. The fourth-order valence-electron chi connectivity index (χ4n) is 2.11. The van der Waals surface area contributed by atoms with Gasteiger partial charge in [0.1, 0.15) is 0 Å². The first-order chi connectivity index (χ1) is 7.57. The summed E-state index contributed by atoms with van der Waals surface area (Å²) in [6.07, 6.45) is 10.3. The SMILES string of the molecule is CCCCCCCC[C@@H](C)C[C@H](C)C(N)=O. The Morgan fingerprint density at radius 1 is 1.06 bits per heavy atom. The average molecular weight is 227 g/mol. The highest BCUT2D eigenvalue weighted by molar-refractivity contribution is 5.76. The quantitative estimate of drug-likeness (QED) is 0.565. The summed E-state index contributed by atoms with van der Waals surface area (Å²) in [7, 11) is 0. The second kappa shape index (κ2) is 9.68. The van der Waals surface area contributed by atoms with Crippen LogP contribution in [0.2, 0.25) is 0 Å². The first-order valence-electron chi connectivity index (χ1n) is 6.87. The lowest BCUT2D eigenvalue weighted by atomic mass is 9.92. The molecule has 0 saturated carbocycles. The highest BCUT2D eigenvalue weighted by atomic mass is 16.1. The van der Waals surface area contributed by atoms with E-state index in [4.69, 9.17) is 5.73 Å². The van der Waals surface area contributed by atoms with Gasteiger partial charge in [0.25, 0.3) is 0 Å². The average Bonchev–Trinajstić information content (AvgIpc) is 2.23. The third-order valence-electron chi connectivity index (χ3n) is 3.29. The third-order valence-corrected chi connectivity index (χ3v) is 3.29. The summed E-state index contributed by atoms with van der Waals surface area (Å²) in [5, 5.41) is 0. The van der Waals surface area contributed by atoms with Crippen molar-refractivity contribution >= 4 is 5.91 Å². The molecule has 0 saturated heterocycles. The normalized spacial score (nSPS) is 14.7. The van der Waals surface area contributed by atoms with Gasteiger partial charge in [0, 0.05) is 5.92 Å². The zero-order chi connectivity index (χ0) is 12.4. The van der Waals surface area contributed by atoms with Gasteiger partial charge in [-0.1, -0.05) is 65.7 Å². The molecule has 0 aliphatic rings. The van der Waals surface area contributed by atoms with Crippen LogP contribution in [0.4, 0.5) is 0 Å². The van der Waals surface area contributed by atoms with E-state index in [0.29, 0.717) is 5.92 Å². The van der Waals surface area contributed by atoms with Crippen molar-refractivity contribution in [2.75, 3.05) is 0 Å². The van der Waals surface area contributed by atoms with Crippen molar-refractivity contribution in [2.45, 2.75) is 72.1 Å². The Hall–Kier alpha value is -0.530. The molecule has 2 nitrogen and oxygen atoms in total. The van der Waals surface area contributed by atoms with Crippen LogP contribution < -0.4 is 5.73 Å². The highest BCUT2D eigenvalue weighted by Crippen LogP contribution is 2.18. The van der Waals surface area contributed by atoms with Gasteiger partial charge in [-0.25, -0.2) is 0 Å². The molecule has 2 heteroatoms. The second-order valence-corrected chi connectivity index (χ2v) is 5.20. The van der Waals surface area contributed by atoms with E-state index in [1.165, 1.54) is 44.9 Å². The standard InChI is InChI=1S/C14H29NO/c1-4-5-6-7-8-9-10-12(2)11-13(3)14(15)16/h12-13H,4-11H2,1-3H3,(H2,15,16)/t12-,13+/m1/s1. The Kier molecular flexibility index (Phi) is 9.36. The molecule has 0 heterocycles. The van der Waals surface area contributed by atoms with Crippen LogP contribution in [0.1, 0.15) is 72.1 Å². The summed E-state index contributed by atoms with van der Waals surface area (Å²) in [6.45, 7) is 6.40. The minimum atomic E-state index is -0.158. The lowest BCUT2D eigenvalue weighted by Gasteiger charge is -2.14. The number of nitrogens with two attached hydrogens (primary N) is 1. The third kappa shape index (κ3) is 8.75. The van der Waals surface area contributed by atoms with E-state index in [0.717, 1.165) is 6.42 Å². The van der Waals surface area contributed by atoms with Crippen molar-refractivity contribution in [1.82, 2.24) is 0 Å². The van der Waals surface area contributed by atoms with Gasteiger partial charge in [-0.2, -0.15) is 0 Å².